The molecule has 2 aromatic carbocycles. The molecular weight excluding hydrogens is 446 g/mol. The molecule has 10 heteroatoms. The van der Waals surface area contributed by atoms with Crippen LogP contribution < -0.4 is 0 Å². The monoisotopic (exact) mass is 458 g/mol. The zero-order valence-corrected chi connectivity index (χ0v) is 17.2. The summed E-state index contributed by atoms with van der Waals surface area (Å²) in [6.07, 6.45) is 0. The number of aromatic hydroxyl groups is 1. The first kappa shape index (κ1) is 21.2. The van der Waals surface area contributed by atoms with E-state index in [0.717, 1.165) is 42.7 Å². The second kappa shape index (κ2) is 8.10. The molecule has 0 aliphatic rings. The number of phenols is 1. The van der Waals surface area contributed by atoms with Gasteiger partial charge in [0.05, 0.1) is 12.9 Å². The predicted octanol–water partition coefficient (Wildman–Crippen LogP) is 4.81. The molecule has 0 fully saturated rings. The lowest BCUT2D eigenvalue weighted by Gasteiger charge is -2.06. The third kappa shape index (κ3) is 4.42. The lowest BCUT2D eigenvalue weighted by atomic mass is 10.1. The number of methoxy groups -OCH3 is 1. The molecule has 0 amide bonds. The molecule has 0 unspecified atom stereocenters. The number of rotatable bonds is 5. The van der Waals surface area contributed by atoms with Crippen molar-refractivity contribution in [2.24, 2.45) is 0 Å². The Morgan fingerprint density at radius 1 is 1.14 bits per heavy atom. The van der Waals surface area contributed by atoms with Gasteiger partial charge in [-0.3, -0.25) is 0 Å². The third-order valence-electron chi connectivity index (χ3n) is 4.01. The van der Waals surface area contributed by atoms with Crippen LogP contribution in [0.5, 0.6) is 5.75 Å². The van der Waals surface area contributed by atoms with Crippen molar-refractivity contribution in [3.63, 3.8) is 0 Å². The first-order valence-electron chi connectivity index (χ1n) is 8.00. The molecule has 3 rings (SSSR count). The van der Waals surface area contributed by atoms with E-state index in [1.807, 2.05) is 0 Å². The Bertz CT molecular complexity index is 1210. The van der Waals surface area contributed by atoms with Crippen molar-refractivity contribution in [3.05, 3.63) is 69.6 Å². The van der Waals surface area contributed by atoms with Crippen molar-refractivity contribution in [1.29, 1.82) is 0 Å². The molecule has 1 heterocycles. The smallest absolute Gasteiger partial charge is 0.341 e. The van der Waals surface area contributed by atoms with Gasteiger partial charge in [0, 0.05) is 11.1 Å². The number of carbonyl (C=O) groups excluding carboxylic acids is 1. The SMILES string of the molecule is COC(=O)c1ccc(CS(=O)(=O)c2cc(-c3cc(F)ccc3F)c(Cl)s2)cc1O. The molecule has 5 nitrogen and oxygen atoms in total. The molecule has 0 aliphatic heterocycles. The minimum atomic E-state index is -3.91. The van der Waals surface area contributed by atoms with Crippen molar-refractivity contribution in [2.45, 2.75) is 9.96 Å². The van der Waals surface area contributed by atoms with E-state index in [2.05, 4.69) is 4.74 Å². The average molecular weight is 459 g/mol. The Balaban J connectivity index is 1.94. The first-order chi connectivity index (χ1) is 13.6. The minimum Gasteiger partial charge on any atom is -0.507 e. The lowest BCUT2D eigenvalue weighted by Crippen LogP contribution is -2.05. The summed E-state index contributed by atoms with van der Waals surface area (Å²) >= 11 is 6.80. The normalized spacial score (nSPS) is 11.4. The van der Waals surface area contributed by atoms with Crippen molar-refractivity contribution >= 4 is 38.7 Å². The molecule has 0 bridgehead atoms. The van der Waals surface area contributed by atoms with E-state index in [1.54, 1.807) is 0 Å². The molecule has 0 saturated carbocycles. The summed E-state index contributed by atoms with van der Waals surface area (Å²) < 4.78 is 57.4. The number of benzene rings is 2. The van der Waals surface area contributed by atoms with Crippen LogP contribution >= 0.6 is 22.9 Å². The topological polar surface area (TPSA) is 80.7 Å². The summed E-state index contributed by atoms with van der Waals surface area (Å²) in [5.74, 6) is -3.10. The minimum absolute atomic E-state index is 0.00281. The Morgan fingerprint density at radius 3 is 2.52 bits per heavy atom. The molecule has 0 radical (unpaired) electrons. The van der Waals surface area contributed by atoms with Crippen molar-refractivity contribution in [2.75, 3.05) is 7.11 Å². The van der Waals surface area contributed by atoms with Crippen LogP contribution in [-0.2, 0) is 20.3 Å². The second-order valence-corrected chi connectivity index (χ2v) is 9.85. The fraction of sp³-hybridized carbons (Fsp3) is 0.105. The van der Waals surface area contributed by atoms with Crippen LogP contribution in [0.2, 0.25) is 4.34 Å². The van der Waals surface area contributed by atoms with E-state index in [4.69, 9.17) is 11.6 Å². The molecule has 1 aromatic heterocycles. The van der Waals surface area contributed by atoms with Gasteiger partial charge in [-0.1, -0.05) is 17.7 Å². The van der Waals surface area contributed by atoms with Crippen LogP contribution in [0.25, 0.3) is 11.1 Å². The number of sulfone groups is 1. The second-order valence-electron chi connectivity index (χ2n) is 5.98. The van der Waals surface area contributed by atoms with Gasteiger partial charge in [-0.15, -0.1) is 11.3 Å². The zero-order chi connectivity index (χ0) is 21.3. The Kier molecular flexibility index (Phi) is 5.92. The van der Waals surface area contributed by atoms with Crippen molar-refractivity contribution in [3.8, 4) is 16.9 Å². The Hall–Kier alpha value is -2.49. The van der Waals surface area contributed by atoms with Gasteiger partial charge in [-0.2, -0.15) is 0 Å². The van der Waals surface area contributed by atoms with Gasteiger partial charge in [0.15, 0.2) is 9.84 Å². The number of esters is 1. The fourth-order valence-corrected chi connectivity index (χ4v) is 5.80. The van der Waals surface area contributed by atoms with Gasteiger partial charge >= 0.3 is 5.97 Å². The molecule has 1 N–H and O–H groups in total. The Labute approximate surface area is 174 Å². The van der Waals surface area contributed by atoms with E-state index in [9.17, 15) is 27.1 Å². The molecule has 152 valence electrons. The molecule has 0 atom stereocenters. The maximum Gasteiger partial charge on any atom is 0.341 e. The van der Waals surface area contributed by atoms with Crippen LogP contribution in [0, 0.1) is 11.6 Å². The fourth-order valence-electron chi connectivity index (χ4n) is 2.63. The highest BCUT2D eigenvalue weighted by atomic mass is 35.5. The maximum absolute atomic E-state index is 14.0. The summed E-state index contributed by atoms with van der Waals surface area (Å²) in [5, 5.41) is 9.92. The molecule has 0 saturated heterocycles. The number of hydrogen-bond donors (Lipinski definition) is 1. The van der Waals surface area contributed by atoms with Gasteiger partial charge < -0.3 is 9.84 Å². The number of halogens is 3. The number of ether oxygens (including phenoxy) is 1. The molecule has 0 aliphatic carbocycles. The van der Waals surface area contributed by atoms with E-state index < -0.39 is 38.9 Å². The van der Waals surface area contributed by atoms with Crippen molar-refractivity contribution in [1.82, 2.24) is 0 Å². The van der Waals surface area contributed by atoms with Crippen LogP contribution in [0.1, 0.15) is 15.9 Å². The summed E-state index contributed by atoms with van der Waals surface area (Å²) in [6, 6.07) is 7.75. The molecular formula is C19H13ClF2O5S2. The van der Waals surface area contributed by atoms with E-state index in [-0.39, 0.29) is 30.8 Å². The molecule has 0 spiro atoms. The van der Waals surface area contributed by atoms with Crippen molar-refractivity contribution < 1.29 is 31.8 Å². The number of carbonyl (C=O) groups is 1. The predicted molar refractivity (Wildman–Crippen MR) is 105 cm³/mol. The van der Waals surface area contributed by atoms with Gasteiger partial charge in [-0.25, -0.2) is 22.0 Å². The summed E-state index contributed by atoms with van der Waals surface area (Å²) in [6.45, 7) is 0. The van der Waals surface area contributed by atoms with E-state index in [0.29, 0.717) is 0 Å². The maximum atomic E-state index is 14.0. The van der Waals surface area contributed by atoms with E-state index in [1.165, 1.54) is 18.2 Å². The highest BCUT2D eigenvalue weighted by Gasteiger charge is 2.23. The van der Waals surface area contributed by atoms with Gasteiger partial charge in [0.2, 0.25) is 0 Å². The Morgan fingerprint density at radius 2 is 1.86 bits per heavy atom. The molecule has 29 heavy (non-hydrogen) atoms. The van der Waals surface area contributed by atoms with Crippen LogP contribution in [0.3, 0.4) is 0 Å². The van der Waals surface area contributed by atoms with Crippen LogP contribution in [-0.4, -0.2) is 26.6 Å². The third-order valence-corrected chi connectivity index (χ3v) is 7.62. The summed E-state index contributed by atoms with van der Waals surface area (Å²) in [5.41, 5.74) is 0.0405. The molecule has 3 aromatic rings. The quantitative estimate of drug-likeness (QED) is 0.555. The first-order valence-corrected chi connectivity index (χ1v) is 10.8. The highest BCUT2D eigenvalue weighted by molar-refractivity contribution is 7.92. The average Bonchev–Trinajstić information content (AvgIpc) is 3.05. The van der Waals surface area contributed by atoms with Gasteiger partial charge in [-0.05, 0) is 42.0 Å². The lowest BCUT2D eigenvalue weighted by molar-refractivity contribution is 0.0597. The number of phenolic OH excluding ortho intramolecular Hbond substituents is 1. The van der Waals surface area contributed by atoms with Crippen LogP contribution in [0.15, 0.2) is 46.7 Å². The number of hydrogen-bond acceptors (Lipinski definition) is 6. The van der Waals surface area contributed by atoms with Gasteiger partial charge in [0.25, 0.3) is 0 Å². The summed E-state index contributed by atoms with van der Waals surface area (Å²) in [7, 11) is -2.76. The largest absolute Gasteiger partial charge is 0.507 e. The number of thiophene rings is 1. The van der Waals surface area contributed by atoms with Crippen LogP contribution in [0.4, 0.5) is 8.78 Å². The van der Waals surface area contributed by atoms with E-state index >= 15 is 0 Å². The van der Waals surface area contributed by atoms with Gasteiger partial charge in [0.1, 0.15) is 31.5 Å². The summed E-state index contributed by atoms with van der Waals surface area (Å²) in [4.78, 5) is 11.5. The highest BCUT2D eigenvalue weighted by Crippen LogP contribution is 2.40. The zero-order valence-electron chi connectivity index (χ0n) is 14.8. The standard InChI is InChI=1S/C19H13ClF2O5S2/c1-27-19(24)12-4-2-10(6-16(12)23)9-29(25,26)17-8-14(18(20)28-17)13-7-11(21)3-5-15(13)22/h2-8,23H,9H2,1H3.